The SMILES string of the molecule is CCCCCCCCC=CCCCCCCCCN(CCCCCCCCC=CCCCCCCCC)C(=O)CC. The lowest BCUT2D eigenvalue weighted by Crippen LogP contribution is -2.32. The van der Waals surface area contributed by atoms with Crippen LogP contribution < -0.4 is 0 Å². The van der Waals surface area contributed by atoms with E-state index in [0.717, 1.165) is 13.1 Å². The first-order valence-corrected chi connectivity index (χ1v) is 18.8. The summed E-state index contributed by atoms with van der Waals surface area (Å²) in [6.45, 7) is 8.53. The quantitative estimate of drug-likeness (QED) is 0.0564. The van der Waals surface area contributed by atoms with Gasteiger partial charge in [0, 0.05) is 19.5 Å². The summed E-state index contributed by atoms with van der Waals surface area (Å²) in [5.41, 5.74) is 0. The normalized spacial score (nSPS) is 11.8. The Bertz CT molecular complexity index is 524. The number of nitrogens with zero attached hydrogens (tertiary/aromatic N) is 1. The Morgan fingerprint density at radius 1 is 0.390 bits per heavy atom. The van der Waals surface area contributed by atoms with Gasteiger partial charge in [-0.3, -0.25) is 4.79 Å². The Hall–Kier alpha value is -1.05. The van der Waals surface area contributed by atoms with Crippen molar-refractivity contribution >= 4 is 5.91 Å². The van der Waals surface area contributed by atoms with Crippen LogP contribution in [-0.4, -0.2) is 23.9 Å². The molecule has 0 unspecified atom stereocenters. The van der Waals surface area contributed by atoms with Gasteiger partial charge in [-0.05, 0) is 64.2 Å². The van der Waals surface area contributed by atoms with E-state index in [2.05, 4.69) is 43.1 Å². The third-order valence-electron chi connectivity index (χ3n) is 8.53. The smallest absolute Gasteiger partial charge is 0.222 e. The fourth-order valence-electron chi connectivity index (χ4n) is 5.69. The van der Waals surface area contributed by atoms with E-state index in [-0.39, 0.29) is 0 Å². The Balaban J connectivity index is 3.57. The number of carbonyl (C=O) groups is 1. The maximum atomic E-state index is 12.4. The van der Waals surface area contributed by atoms with Gasteiger partial charge in [0.1, 0.15) is 0 Å². The number of hydrogen-bond acceptors (Lipinski definition) is 1. The molecule has 0 N–H and O–H groups in total. The first-order chi connectivity index (χ1) is 20.3. The highest BCUT2D eigenvalue weighted by atomic mass is 16.2. The van der Waals surface area contributed by atoms with E-state index >= 15 is 0 Å². The molecule has 242 valence electrons. The molecular formula is C39H75NO. The van der Waals surface area contributed by atoms with E-state index < -0.39 is 0 Å². The van der Waals surface area contributed by atoms with Crippen molar-refractivity contribution in [2.45, 2.75) is 207 Å². The second-order valence-corrected chi connectivity index (χ2v) is 12.6. The van der Waals surface area contributed by atoms with E-state index in [1.54, 1.807) is 0 Å². The van der Waals surface area contributed by atoms with Gasteiger partial charge in [-0.15, -0.1) is 0 Å². The van der Waals surface area contributed by atoms with Crippen molar-refractivity contribution in [3.05, 3.63) is 24.3 Å². The van der Waals surface area contributed by atoms with Crippen molar-refractivity contribution in [1.29, 1.82) is 0 Å². The molecule has 0 heterocycles. The van der Waals surface area contributed by atoms with Crippen molar-refractivity contribution in [2.75, 3.05) is 13.1 Å². The Morgan fingerprint density at radius 3 is 0.951 bits per heavy atom. The summed E-state index contributed by atoms with van der Waals surface area (Å²) in [6, 6.07) is 0. The lowest BCUT2D eigenvalue weighted by atomic mass is 10.1. The second kappa shape index (κ2) is 35.1. The van der Waals surface area contributed by atoms with Gasteiger partial charge in [0.25, 0.3) is 0 Å². The summed E-state index contributed by atoms with van der Waals surface area (Å²) in [6.07, 6.45) is 47.7. The predicted octanol–water partition coefficient (Wildman–Crippen LogP) is 13.3. The minimum absolute atomic E-state index is 0.352. The maximum absolute atomic E-state index is 12.4. The van der Waals surface area contributed by atoms with Crippen LogP contribution in [0.2, 0.25) is 0 Å². The number of hydrogen-bond donors (Lipinski definition) is 0. The second-order valence-electron chi connectivity index (χ2n) is 12.6. The Labute approximate surface area is 259 Å². The molecule has 0 aromatic heterocycles. The van der Waals surface area contributed by atoms with Crippen LogP contribution in [0.4, 0.5) is 0 Å². The van der Waals surface area contributed by atoms with Crippen LogP contribution in [0.1, 0.15) is 207 Å². The lowest BCUT2D eigenvalue weighted by molar-refractivity contribution is -0.131. The summed E-state index contributed by atoms with van der Waals surface area (Å²) in [5, 5.41) is 0. The summed E-state index contributed by atoms with van der Waals surface area (Å²) in [7, 11) is 0. The molecule has 0 aliphatic rings. The third-order valence-corrected chi connectivity index (χ3v) is 8.53. The molecule has 0 atom stereocenters. The molecule has 0 aliphatic heterocycles. The number of carbonyl (C=O) groups excluding carboxylic acids is 1. The fourth-order valence-corrected chi connectivity index (χ4v) is 5.69. The number of unbranched alkanes of at least 4 members (excludes halogenated alkanes) is 24. The maximum Gasteiger partial charge on any atom is 0.222 e. The molecule has 0 fully saturated rings. The van der Waals surface area contributed by atoms with E-state index in [9.17, 15) is 4.79 Å². The molecule has 0 radical (unpaired) electrons. The zero-order valence-electron chi connectivity index (χ0n) is 28.6. The molecule has 0 aromatic carbocycles. The molecule has 0 saturated carbocycles. The molecule has 0 bridgehead atoms. The summed E-state index contributed by atoms with van der Waals surface area (Å²) in [5.74, 6) is 0.352. The minimum atomic E-state index is 0.352. The van der Waals surface area contributed by atoms with Gasteiger partial charge >= 0.3 is 0 Å². The van der Waals surface area contributed by atoms with E-state index in [0.29, 0.717) is 12.3 Å². The van der Waals surface area contributed by atoms with Crippen LogP contribution in [0.5, 0.6) is 0 Å². The molecule has 41 heavy (non-hydrogen) atoms. The van der Waals surface area contributed by atoms with Gasteiger partial charge in [0.05, 0.1) is 0 Å². The molecule has 2 heteroatoms. The molecule has 0 aliphatic carbocycles. The standard InChI is InChI=1S/C39H75NO/c1-4-7-9-11-13-15-17-19-21-23-25-27-29-31-33-35-37-40(39(41)6-3)38-36-34-32-30-28-26-24-22-20-18-16-14-12-10-8-5-2/h19-22H,4-18,23-38H2,1-3H3. The van der Waals surface area contributed by atoms with Crippen LogP contribution in [0.15, 0.2) is 24.3 Å². The highest BCUT2D eigenvalue weighted by Crippen LogP contribution is 2.13. The largest absolute Gasteiger partial charge is 0.343 e. The average molecular weight is 574 g/mol. The minimum Gasteiger partial charge on any atom is -0.343 e. The van der Waals surface area contributed by atoms with E-state index in [4.69, 9.17) is 0 Å². The zero-order chi connectivity index (χ0) is 29.9. The fraction of sp³-hybridized carbons (Fsp3) is 0.872. The van der Waals surface area contributed by atoms with E-state index in [1.807, 2.05) is 6.92 Å². The molecular weight excluding hydrogens is 498 g/mol. The first-order valence-electron chi connectivity index (χ1n) is 18.8. The van der Waals surface area contributed by atoms with Crippen molar-refractivity contribution in [1.82, 2.24) is 4.90 Å². The van der Waals surface area contributed by atoms with Gasteiger partial charge in [-0.25, -0.2) is 0 Å². The summed E-state index contributed by atoms with van der Waals surface area (Å²) < 4.78 is 0. The molecule has 0 aromatic rings. The Morgan fingerprint density at radius 2 is 0.659 bits per heavy atom. The van der Waals surface area contributed by atoms with Gasteiger partial charge in [-0.1, -0.05) is 161 Å². The highest BCUT2D eigenvalue weighted by molar-refractivity contribution is 5.75. The van der Waals surface area contributed by atoms with Crippen LogP contribution in [0.25, 0.3) is 0 Å². The van der Waals surface area contributed by atoms with E-state index in [1.165, 1.54) is 180 Å². The van der Waals surface area contributed by atoms with Crippen LogP contribution in [-0.2, 0) is 4.79 Å². The van der Waals surface area contributed by atoms with Crippen molar-refractivity contribution in [2.24, 2.45) is 0 Å². The van der Waals surface area contributed by atoms with Crippen molar-refractivity contribution in [3.8, 4) is 0 Å². The molecule has 0 rings (SSSR count). The van der Waals surface area contributed by atoms with Crippen molar-refractivity contribution < 1.29 is 4.79 Å². The predicted molar refractivity (Wildman–Crippen MR) is 186 cm³/mol. The highest BCUT2D eigenvalue weighted by Gasteiger charge is 2.10. The van der Waals surface area contributed by atoms with Crippen LogP contribution in [0, 0.1) is 0 Å². The summed E-state index contributed by atoms with van der Waals surface area (Å²) >= 11 is 0. The number of amides is 1. The number of rotatable bonds is 33. The van der Waals surface area contributed by atoms with Gasteiger partial charge < -0.3 is 4.90 Å². The van der Waals surface area contributed by atoms with Gasteiger partial charge in [0.2, 0.25) is 5.91 Å². The molecule has 0 spiro atoms. The molecule has 0 saturated heterocycles. The Kier molecular flexibility index (Phi) is 34.2. The van der Waals surface area contributed by atoms with Crippen LogP contribution in [0.3, 0.4) is 0 Å². The van der Waals surface area contributed by atoms with Gasteiger partial charge in [0.15, 0.2) is 0 Å². The monoisotopic (exact) mass is 574 g/mol. The average Bonchev–Trinajstić information content (AvgIpc) is 2.99. The topological polar surface area (TPSA) is 20.3 Å². The van der Waals surface area contributed by atoms with Crippen LogP contribution >= 0.6 is 0 Å². The van der Waals surface area contributed by atoms with Gasteiger partial charge in [-0.2, -0.15) is 0 Å². The number of allylic oxidation sites excluding steroid dienone is 4. The van der Waals surface area contributed by atoms with Crippen molar-refractivity contribution in [3.63, 3.8) is 0 Å². The lowest BCUT2D eigenvalue weighted by Gasteiger charge is -2.22. The summed E-state index contributed by atoms with van der Waals surface area (Å²) in [4.78, 5) is 14.6. The third kappa shape index (κ3) is 31.7. The zero-order valence-corrected chi connectivity index (χ0v) is 28.6. The molecule has 1 amide bonds. The first kappa shape index (κ1) is 40.0. The molecule has 2 nitrogen and oxygen atoms in total.